The number of aliphatic hydroxyl groups is 2. The van der Waals surface area contributed by atoms with E-state index in [1.54, 1.807) is 13.2 Å². The summed E-state index contributed by atoms with van der Waals surface area (Å²) in [5, 5.41) is 18.8. The lowest BCUT2D eigenvalue weighted by atomic mass is 10.2. The highest BCUT2D eigenvalue weighted by Gasteiger charge is 2.21. The number of thiophene rings is 1. The van der Waals surface area contributed by atoms with Crippen LogP contribution in [0.5, 0.6) is 5.75 Å². The lowest BCUT2D eigenvalue weighted by molar-refractivity contribution is 0.0690. The van der Waals surface area contributed by atoms with Gasteiger partial charge in [-0.25, -0.2) is 0 Å². The van der Waals surface area contributed by atoms with Crippen LogP contribution in [0.15, 0.2) is 18.2 Å². The molecule has 6 nitrogen and oxygen atoms in total. The zero-order chi connectivity index (χ0) is 15.4. The lowest BCUT2D eigenvalue weighted by Gasteiger charge is -2.20. The molecule has 0 unspecified atom stereocenters. The number of rotatable bonds is 6. The monoisotopic (exact) mass is 310 g/mol. The molecule has 4 N–H and O–H groups in total. The zero-order valence-electron chi connectivity index (χ0n) is 11.7. The minimum atomic E-state index is -0.282. The average Bonchev–Trinajstić information content (AvgIpc) is 2.82. The van der Waals surface area contributed by atoms with Crippen LogP contribution in [0.4, 0.5) is 5.69 Å². The summed E-state index contributed by atoms with van der Waals surface area (Å²) in [6, 6.07) is 5.44. The predicted octanol–water partition coefficient (Wildman–Crippen LogP) is 0.919. The number of anilines is 1. The van der Waals surface area contributed by atoms with Gasteiger partial charge in [0.2, 0.25) is 0 Å². The molecule has 0 atom stereocenters. The molecular weight excluding hydrogens is 292 g/mol. The van der Waals surface area contributed by atoms with Crippen molar-refractivity contribution in [2.45, 2.75) is 0 Å². The summed E-state index contributed by atoms with van der Waals surface area (Å²) < 4.78 is 6.02. The van der Waals surface area contributed by atoms with Crippen LogP contribution in [0.25, 0.3) is 10.1 Å². The summed E-state index contributed by atoms with van der Waals surface area (Å²) in [7, 11) is 1.58. The number of hydrogen-bond donors (Lipinski definition) is 3. The summed E-state index contributed by atoms with van der Waals surface area (Å²) in [6.07, 6.45) is 0. The Hall–Kier alpha value is -1.83. The van der Waals surface area contributed by atoms with Gasteiger partial charge in [0, 0.05) is 23.2 Å². The first kappa shape index (κ1) is 15.6. The molecule has 21 heavy (non-hydrogen) atoms. The number of nitrogens with zero attached hydrogens (tertiary/aromatic N) is 1. The Balaban J connectivity index is 2.40. The number of nitrogen functional groups attached to an aromatic ring is 1. The van der Waals surface area contributed by atoms with Crippen LogP contribution in [0, 0.1) is 0 Å². The highest BCUT2D eigenvalue weighted by atomic mass is 32.1. The summed E-state index contributed by atoms with van der Waals surface area (Å²) in [5.41, 5.74) is 6.48. The molecule has 0 spiro atoms. The second-order valence-corrected chi connectivity index (χ2v) is 5.50. The van der Waals surface area contributed by atoms with Gasteiger partial charge < -0.3 is 25.6 Å². The van der Waals surface area contributed by atoms with Crippen LogP contribution in [-0.4, -0.2) is 54.4 Å². The van der Waals surface area contributed by atoms with Gasteiger partial charge in [0.25, 0.3) is 5.91 Å². The molecule has 2 rings (SSSR count). The van der Waals surface area contributed by atoms with Gasteiger partial charge >= 0.3 is 0 Å². The first-order valence-electron chi connectivity index (χ1n) is 6.49. The summed E-state index contributed by atoms with van der Waals surface area (Å²) in [6.45, 7) is 0.00151. The highest BCUT2D eigenvalue weighted by Crippen LogP contribution is 2.36. The first-order valence-corrected chi connectivity index (χ1v) is 7.31. The van der Waals surface area contributed by atoms with Gasteiger partial charge in [0.1, 0.15) is 10.6 Å². The van der Waals surface area contributed by atoms with Crippen LogP contribution < -0.4 is 10.5 Å². The fourth-order valence-electron chi connectivity index (χ4n) is 2.08. The molecule has 1 aromatic heterocycles. The van der Waals surface area contributed by atoms with Gasteiger partial charge in [-0.15, -0.1) is 11.3 Å². The Labute approximate surface area is 126 Å². The summed E-state index contributed by atoms with van der Waals surface area (Å²) >= 11 is 1.28. The van der Waals surface area contributed by atoms with Gasteiger partial charge in [-0.1, -0.05) is 0 Å². The normalized spacial score (nSPS) is 10.8. The van der Waals surface area contributed by atoms with Crippen molar-refractivity contribution in [2.75, 3.05) is 39.1 Å². The second-order valence-electron chi connectivity index (χ2n) is 4.45. The molecule has 0 aliphatic carbocycles. The Morgan fingerprint density at radius 2 is 2.00 bits per heavy atom. The number of carbonyl (C=O) groups is 1. The number of fused-ring (bicyclic) bond motifs is 1. The molecule has 0 radical (unpaired) electrons. The number of carbonyl (C=O) groups excluding carboxylic acids is 1. The van der Waals surface area contributed by atoms with E-state index in [1.165, 1.54) is 16.2 Å². The van der Waals surface area contributed by atoms with Crippen molar-refractivity contribution >= 4 is 33.0 Å². The zero-order valence-corrected chi connectivity index (χ0v) is 12.5. The van der Waals surface area contributed by atoms with E-state index >= 15 is 0 Å². The largest absolute Gasteiger partial charge is 0.497 e. The molecular formula is C14H18N2O4S. The smallest absolute Gasteiger partial charge is 0.266 e. The number of benzene rings is 1. The molecule has 0 aliphatic rings. The van der Waals surface area contributed by atoms with Crippen LogP contribution in [0.1, 0.15) is 9.67 Å². The number of aliphatic hydroxyl groups excluding tert-OH is 2. The van der Waals surface area contributed by atoms with Crippen LogP contribution in [0.2, 0.25) is 0 Å². The number of amides is 1. The number of methoxy groups -OCH3 is 1. The maximum Gasteiger partial charge on any atom is 0.266 e. The predicted molar refractivity (Wildman–Crippen MR) is 82.9 cm³/mol. The van der Waals surface area contributed by atoms with E-state index in [9.17, 15) is 4.79 Å². The molecule has 2 aromatic rings. The quantitative estimate of drug-likeness (QED) is 0.737. The molecule has 114 valence electrons. The van der Waals surface area contributed by atoms with Gasteiger partial charge in [-0.2, -0.15) is 0 Å². The molecule has 7 heteroatoms. The van der Waals surface area contributed by atoms with E-state index in [1.807, 2.05) is 12.1 Å². The number of ether oxygens (including phenoxy) is 1. The van der Waals surface area contributed by atoms with Gasteiger partial charge in [0.15, 0.2) is 0 Å². The topological polar surface area (TPSA) is 96.0 Å². The van der Waals surface area contributed by atoms with E-state index in [0.29, 0.717) is 16.3 Å². The van der Waals surface area contributed by atoms with E-state index in [4.69, 9.17) is 20.7 Å². The van der Waals surface area contributed by atoms with Gasteiger partial charge in [-0.3, -0.25) is 4.79 Å². The van der Waals surface area contributed by atoms with E-state index in [2.05, 4.69) is 0 Å². The van der Waals surface area contributed by atoms with E-state index in [-0.39, 0.29) is 32.2 Å². The Morgan fingerprint density at radius 1 is 1.33 bits per heavy atom. The Morgan fingerprint density at radius 3 is 2.57 bits per heavy atom. The number of hydrogen-bond acceptors (Lipinski definition) is 6. The van der Waals surface area contributed by atoms with Crippen molar-refractivity contribution in [2.24, 2.45) is 0 Å². The summed E-state index contributed by atoms with van der Waals surface area (Å²) in [4.78, 5) is 14.3. The molecule has 1 heterocycles. The maximum atomic E-state index is 12.5. The third-order valence-corrected chi connectivity index (χ3v) is 4.31. The van der Waals surface area contributed by atoms with Crippen molar-refractivity contribution in [1.29, 1.82) is 0 Å². The van der Waals surface area contributed by atoms with Gasteiger partial charge in [-0.05, 0) is 18.2 Å². The van der Waals surface area contributed by atoms with Crippen LogP contribution in [-0.2, 0) is 0 Å². The van der Waals surface area contributed by atoms with Gasteiger partial charge in [0.05, 0.1) is 26.0 Å². The molecule has 1 aromatic carbocycles. The minimum Gasteiger partial charge on any atom is -0.497 e. The fraction of sp³-hybridized carbons (Fsp3) is 0.357. The lowest BCUT2D eigenvalue weighted by Crippen LogP contribution is -2.35. The SMILES string of the molecule is COc1ccc2c(N)c(C(=O)N(CCO)CCO)sc2c1. The molecule has 1 amide bonds. The van der Waals surface area contributed by atoms with Crippen LogP contribution >= 0.6 is 11.3 Å². The van der Waals surface area contributed by atoms with Crippen molar-refractivity contribution in [3.63, 3.8) is 0 Å². The highest BCUT2D eigenvalue weighted by molar-refractivity contribution is 7.21. The molecule has 0 saturated carbocycles. The van der Waals surface area contributed by atoms with Crippen molar-refractivity contribution < 1.29 is 19.7 Å². The first-order chi connectivity index (χ1) is 10.1. The van der Waals surface area contributed by atoms with Crippen molar-refractivity contribution in [3.8, 4) is 5.75 Å². The Kier molecular flexibility index (Phi) is 5.00. The molecule has 0 bridgehead atoms. The summed E-state index contributed by atoms with van der Waals surface area (Å²) in [5.74, 6) is 0.418. The molecule has 0 aliphatic heterocycles. The minimum absolute atomic E-state index is 0.162. The van der Waals surface area contributed by atoms with Crippen LogP contribution in [0.3, 0.4) is 0 Å². The van der Waals surface area contributed by atoms with E-state index < -0.39 is 0 Å². The maximum absolute atomic E-state index is 12.5. The fourth-order valence-corrected chi connectivity index (χ4v) is 3.20. The number of nitrogens with two attached hydrogens (primary N) is 1. The van der Waals surface area contributed by atoms with Crippen molar-refractivity contribution in [3.05, 3.63) is 23.1 Å². The molecule has 0 fully saturated rings. The van der Waals surface area contributed by atoms with Crippen molar-refractivity contribution in [1.82, 2.24) is 4.90 Å². The third-order valence-electron chi connectivity index (χ3n) is 3.16. The Bertz CT molecular complexity index is 635. The standard InChI is InChI=1S/C14H18N2O4S/c1-20-9-2-3-10-11(8-9)21-13(12(10)15)14(19)16(4-6-17)5-7-18/h2-3,8,17-18H,4-7,15H2,1H3. The molecule has 0 saturated heterocycles. The second kappa shape index (κ2) is 6.75. The third kappa shape index (κ3) is 3.10. The van der Waals surface area contributed by atoms with E-state index in [0.717, 1.165) is 10.1 Å². The average molecular weight is 310 g/mol.